The number of nitrogens with zero attached hydrogens (tertiary/aromatic N) is 6. The van der Waals surface area contributed by atoms with Crippen LogP contribution in [0.1, 0.15) is 11.4 Å². The van der Waals surface area contributed by atoms with Crippen molar-refractivity contribution in [1.29, 1.82) is 0 Å². The Morgan fingerprint density at radius 2 is 1.71 bits per heavy atom. The molecular formula is C22H26N6O3. The monoisotopic (exact) mass is 422 g/mol. The van der Waals surface area contributed by atoms with E-state index >= 15 is 0 Å². The van der Waals surface area contributed by atoms with E-state index < -0.39 is 0 Å². The van der Waals surface area contributed by atoms with Crippen molar-refractivity contribution in [2.45, 2.75) is 20.4 Å². The molecule has 3 aromatic heterocycles. The summed E-state index contributed by atoms with van der Waals surface area (Å²) in [5.41, 5.74) is 3.10. The molecule has 1 aliphatic heterocycles. The third-order valence-electron chi connectivity index (χ3n) is 6.28. The van der Waals surface area contributed by atoms with Crippen molar-refractivity contribution in [2.75, 3.05) is 32.8 Å². The van der Waals surface area contributed by atoms with Crippen molar-refractivity contribution in [3.05, 3.63) is 62.6 Å². The number of aromatic nitrogens is 5. The Hall–Kier alpha value is -3.17. The SMILES string of the molecule is Cc1c(C)n2c3c(=O)n(CCN4CCOCC4)c(=O)n(C)c3nc2n1-c1ccccc1. The molecule has 0 radical (unpaired) electrons. The smallest absolute Gasteiger partial charge is 0.332 e. The van der Waals surface area contributed by atoms with Crippen molar-refractivity contribution >= 4 is 16.9 Å². The van der Waals surface area contributed by atoms with E-state index in [1.165, 1.54) is 9.13 Å². The van der Waals surface area contributed by atoms with Crippen LogP contribution in [0.5, 0.6) is 0 Å². The van der Waals surface area contributed by atoms with Gasteiger partial charge < -0.3 is 4.74 Å². The zero-order valence-corrected chi connectivity index (χ0v) is 18.0. The number of para-hydroxylation sites is 1. The minimum atomic E-state index is -0.341. The van der Waals surface area contributed by atoms with Crippen LogP contribution in [0.4, 0.5) is 0 Å². The average Bonchev–Trinajstić information content (AvgIpc) is 3.29. The maximum Gasteiger partial charge on any atom is 0.332 e. The summed E-state index contributed by atoms with van der Waals surface area (Å²) in [6.07, 6.45) is 0. The molecule has 1 saturated heterocycles. The van der Waals surface area contributed by atoms with E-state index in [9.17, 15) is 9.59 Å². The molecule has 162 valence electrons. The minimum Gasteiger partial charge on any atom is -0.379 e. The molecule has 0 bridgehead atoms. The summed E-state index contributed by atoms with van der Waals surface area (Å²) in [6, 6.07) is 9.91. The van der Waals surface area contributed by atoms with Gasteiger partial charge in [0.05, 0.1) is 13.2 Å². The molecule has 5 rings (SSSR count). The largest absolute Gasteiger partial charge is 0.379 e. The average molecular weight is 422 g/mol. The predicted molar refractivity (Wildman–Crippen MR) is 118 cm³/mol. The Morgan fingerprint density at radius 1 is 1.00 bits per heavy atom. The van der Waals surface area contributed by atoms with Gasteiger partial charge in [0.25, 0.3) is 5.56 Å². The van der Waals surface area contributed by atoms with Crippen molar-refractivity contribution in [3.8, 4) is 5.69 Å². The maximum atomic E-state index is 13.5. The predicted octanol–water partition coefficient (Wildman–Crippen LogP) is 1.09. The van der Waals surface area contributed by atoms with Crippen LogP contribution in [-0.2, 0) is 18.3 Å². The molecule has 9 heteroatoms. The van der Waals surface area contributed by atoms with Crippen LogP contribution in [0.2, 0.25) is 0 Å². The summed E-state index contributed by atoms with van der Waals surface area (Å²) < 4.78 is 12.1. The first kappa shape index (κ1) is 19.8. The highest BCUT2D eigenvalue weighted by molar-refractivity contribution is 5.77. The first-order valence-electron chi connectivity index (χ1n) is 10.5. The number of fused-ring (bicyclic) bond motifs is 3. The standard InChI is InChI=1S/C22H26N6O3/c1-15-16(2)28-18-19(23-21(28)27(15)17-7-5-4-6-8-17)24(3)22(30)26(20(18)29)10-9-25-11-13-31-14-12-25/h4-8H,9-14H2,1-3H3. The molecule has 0 aliphatic carbocycles. The van der Waals surface area contributed by atoms with E-state index in [1.807, 2.05) is 53.1 Å². The van der Waals surface area contributed by atoms with Crippen LogP contribution in [0, 0.1) is 13.8 Å². The molecule has 1 fully saturated rings. The van der Waals surface area contributed by atoms with E-state index in [4.69, 9.17) is 9.72 Å². The van der Waals surface area contributed by atoms with Crippen molar-refractivity contribution in [2.24, 2.45) is 7.05 Å². The van der Waals surface area contributed by atoms with E-state index in [0.29, 0.717) is 43.2 Å². The molecule has 0 amide bonds. The number of hydrogen-bond donors (Lipinski definition) is 0. The Bertz CT molecular complexity index is 1390. The Labute approximate surface area is 178 Å². The lowest BCUT2D eigenvalue weighted by atomic mass is 10.3. The summed E-state index contributed by atoms with van der Waals surface area (Å²) in [6.45, 7) is 7.95. The molecule has 1 aliphatic rings. The van der Waals surface area contributed by atoms with Gasteiger partial charge >= 0.3 is 5.69 Å². The molecule has 0 atom stereocenters. The summed E-state index contributed by atoms with van der Waals surface area (Å²) >= 11 is 0. The number of hydrogen-bond acceptors (Lipinski definition) is 5. The van der Waals surface area contributed by atoms with E-state index in [2.05, 4.69) is 4.90 Å². The lowest BCUT2D eigenvalue weighted by Crippen LogP contribution is -2.44. The van der Waals surface area contributed by atoms with Gasteiger partial charge in [-0.2, -0.15) is 4.98 Å². The van der Waals surface area contributed by atoms with Crippen molar-refractivity contribution in [1.82, 2.24) is 28.0 Å². The van der Waals surface area contributed by atoms with Gasteiger partial charge in [0.2, 0.25) is 5.78 Å². The molecule has 0 N–H and O–H groups in total. The summed E-state index contributed by atoms with van der Waals surface area (Å²) in [5, 5.41) is 0. The minimum absolute atomic E-state index is 0.299. The topological polar surface area (TPSA) is 78.7 Å². The van der Waals surface area contributed by atoms with Crippen LogP contribution >= 0.6 is 0 Å². The zero-order valence-electron chi connectivity index (χ0n) is 18.0. The normalized spacial score (nSPS) is 15.3. The molecule has 4 heterocycles. The van der Waals surface area contributed by atoms with E-state index in [0.717, 1.165) is 30.2 Å². The van der Waals surface area contributed by atoms with Crippen LogP contribution in [0.3, 0.4) is 0 Å². The molecule has 31 heavy (non-hydrogen) atoms. The Morgan fingerprint density at radius 3 is 2.42 bits per heavy atom. The summed E-state index contributed by atoms with van der Waals surface area (Å²) in [4.78, 5) is 33.5. The molecule has 9 nitrogen and oxygen atoms in total. The third-order valence-corrected chi connectivity index (χ3v) is 6.28. The molecule has 0 saturated carbocycles. The maximum absolute atomic E-state index is 13.5. The molecule has 0 spiro atoms. The van der Waals surface area contributed by atoms with E-state index in [1.54, 1.807) is 7.05 Å². The fourth-order valence-electron chi connectivity index (χ4n) is 4.40. The van der Waals surface area contributed by atoms with Gasteiger partial charge in [0, 0.05) is 50.3 Å². The summed E-state index contributed by atoms with van der Waals surface area (Å²) in [5.74, 6) is 0.634. The highest BCUT2D eigenvalue weighted by atomic mass is 16.5. The number of rotatable bonds is 4. The van der Waals surface area contributed by atoms with Gasteiger partial charge in [-0.1, -0.05) is 18.2 Å². The van der Waals surface area contributed by atoms with Crippen LogP contribution in [0.15, 0.2) is 39.9 Å². The Balaban J connectivity index is 1.71. The number of imidazole rings is 2. The second-order valence-corrected chi connectivity index (χ2v) is 8.01. The van der Waals surface area contributed by atoms with E-state index in [-0.39, 0.29) is 11.2 Å². The summed E-state index contributed by atoms with van der Waals surface area (Å²) in [7, 11) is 1.68. The molecule has 1 aromatic carbocycles. The first-order chi connectivity index (χ1) is 15.0. The molecule has 0 unspecified atom stereocenters. The number of morpholine rings is 1. The third kappa shape index (κ3) is 3.03. The van der Waals surface area contributed by atoms with Gasteiger partial charge in [-0.3, -0.25) is 27.8 Å². The van der Waals surface area contributed by atoms with Crippen LogP contribution < -0.4 is 11.2 Å². The van der Waals surface area contributed by atoms with Gasteiger partial charge in [-0.15, -0.1) is 0 Å². The number of aryl methyl sites for hydroxylation is 2. The lowest BCUT2D eigenvalue weighted by molar-refractivity contribution is 0.0361. The van der Waals surface area contributed by atoms with Gasteiger partial charge in [-0.25, -0.2) is 4.79 Å². The Kier molecular flexibility index (Phi) is 4.79. The highest BCUT2D eigenvalue weighted by Gasteiger charge is 2.23. The molecular weight excluding hydrogens is 396 g/mol. The van der Waals surface area contributed by atoms with Gasteiger partial charge in [-0.05, 0) is 26.0 Å². The van der Waals surface area contributed by atoms with Gasteiger partial charge in [0.1, 0.15) is 0 Å². The second kappa shape index (κ2) is 7.51. The fourth-order valence-corrected chi connectivity index (χ4v) is 4.40. The fraction of sp³-hybridized carbons (Fsp3) is 0.409. The lowest BCUT2D eigenvalue weighted by Gasteiger charge is -2.26. The molecule has 4 aromatic rings. The first-order valence-corrected chi connectivity index (χ1v) is 10.5. The highest BCUT2D eigenvalue weighted by Crippen LogP contribution is 2.24. The van der Waals surface area contributed by atoms with Gasteiger partial charge in [0.15, 0.2) is 11.2 Å². The van der Waals surface area contributed by atoms with Crippen molar-refractivity contribution in [3.63, 3.8) is 0 Å². The van der Waals surface area contributed by atoms with Crippen molar-refractivity contribution < 1.29 is 4.74 Å². The quantitative estimate of drug-likeness (QED) is 0.492. The number of ether oxygens (including phenoxy) is 1. The number of benzene rings is 1. The van der Waals surface area contributed by atoms with Crippen LogP contribution in [-0.4, -0.2) is 60.8 Å². The van der Waals surface area contributed by atoms with Crippen LogP contribution in [0.25, 0.3) is 22.6 Å². The second-order valence-electron chi connectivity index (χ2n) is 8.01. The zero-order chi connectivity index (χ0) is 21.7.